The second-order valence-corrected chi connectivity index (χ2v) is 8.93. The number of nitrogens with zero attached hydrogens (tertiary/aromatic N) is 4. The van der Waals surface area contributed by atoms with Crippen LogP contribution in [0.1, 0.15) is 0 Å². The molecule has 1 aliphatic rings. The molecule has 1 aromatic carbocycles. The summed E-state index contributed by atoms with van der Waals surface area (Å²) in [7, 11) is 0.454. The first-order valence-corrected chi connectivity index (χ1v) is 10.5. The van der Waals surface area contributed by atoms with Crippen LogP contribution >= 0.6 is 11.3 Å². The van der Waals surface area contributed by atoms with Gasteiger partial charge in [0.05, 0.1) is 17.6 Å². The average molecular weight is 367 g/mol. The Morgan fingerprint density at radius 2 is 1.75 bits per heavy atom. The molecule has 0 atom stereocenters. The maximum absolute atomic E-state index is 11.6. The molecular formula is C16H22N4O2S2. The van der Waals surface area contributed by atoms with Gasteiger partial charge in [-0.2, -0.15) is 0 Å². The first kappa shape index (κ1) is 17.2. The molecule has 0 amide bonds. The zero-order chi connectivity index (χ0) is 17.3. The normalized spacial score (nSPS) is 16.4. The summed E-state index contributed by atoms with van der Waals surface area (Å²) >= 11 is 1.66. The van der Waals surface area contributed by atoms with E-state index >= 15 is 0 Å². The number of hydrogen-bond donors (Lipinski definition) is 0. The van der Waals surface area contributed by atoms with Crippen LogP contribution in [0.15, 0.2) is 29.6 Å². The lowest BCUT2D eigenvalue weighted by molar-refractivity contribution is 0.313. The van der Waals surface area contributed by atoms with Crippen LogP contribution in [0.3, 0.4) is 0 Å². The van der Waals surface area contributed by atoms with Crippen molar-refractivity contribution >= 4 is 32.2 Å². The first-order valence-electron chi connectivity index (χ1n) is 7.78. The predicted molar refractivity (Wildman–Crippen MR) is 101 cm³/mol. The van der Waals surface area contributed by atoms with E-state index in [2.05, 4.69) is 22.2 Å². The molecular weight excluding hydrogens is 344 g/mol. The fourth-order valence-electron chi connectivity index (χ4n) is 2.57. The summed E-state index contributed by atoms with van der Waals surface area (Å²) in [5.41, 5.74) is 2.58. The zero-order valence-corrected chi connectivity index (χ0v) is 15.8. The van der Waals surface area contributed by atoms with Crippen molar-refractivity contribution in [1.29, 1.82) is 0 Å². The lowest BCUT2D eigenvalue weighted by Gasteiger charge is -2.32. The van der Waals surface area contributed by atoms with Gasteiger partial charge in [-0.25, -0.2) is 13.4 Å². The molecule has 0 radical (unpaired) electrons. The van der Waals surface area contributed by atoms with Crippen LogP contribution in [0, 0.1) is 0 Å². The molecule has 24 heavy (non-hydrogen) atoms. The van der Waals surface area contributed by atoms with Crippen LogP contribution < -0.4 is 9.21 Å². The van der Waals surface area contributed by atoms with Gasteiger partial charge in [0.1, 0.15) is 0 Å². The Bertz CT molecular complexity index is 794. The smallest absolute Gasteiger partial charge is 0.231 e. The van der Waals surface area contributed by atoms with Crippen molar-refractivity contribution in [3.63, 3.8) is 0 Å². The molecule has 1 saturated heterocycles. The van der Waals surface area contributed by atoms with Crippen LogP contribution in [0.4, 0.5) is 10.8 Å². The summed E-state index contributed by atoms with van der Waals surface area (Å²) < 4.78 is 24.5. The molecule has 1 fully saturated rings. The van der Waals surface area contributed by atoms with Gasteiger partial charge in [-0.15, -0.1) is 11.3 Å². The summed E-state index contributed by atoms with van der Waals surface area (Å²) in [6.45, 7) is 4.12. The molecule has 3 rings (SSSR count). The molecule has 2 aromatic rings. The molecule has 1 aromatic heterocycles. The third kappa shape index (κ3) is 3.71. The highest BCUT2D eigenvalue weighted by molar-refractivity contribution is 7.92. The summed E-state index contributed by atoms with van der Waals surface area (Å²) in [4.78, 5) is 9.39. The standard InChI is InChI=1S/C16H22N4O2S2/c1-18-8-10-20(11-9-18)16-17-15(12-23-16)13-4-6-14(7-5-13)19(2)24(3,21)22/h4-7,12H,8-11H2,1-3H3. The predicted octanol–water partition coefficient (Wildman–Crippen LogP) is 1.96. The highest BCUT2D eigenvalue weighted by atomic mass is 32.2. The fraction of sp³-hybridized carbons (Fsp3) is 0.438. The van der Waals surface area contributed by atoms with Gasteiger partial charge in [0.2, 0.25) is 10.0 Å². The number of rotatable bonds is 4. The van der Waals surface area contributed by atoms with E-state index in [4.69, 9.17) is 4.98 Å². The van der Waals surface area contributed by atoms with E-state index in [1.165, 1.54) is 10.6 Å². The van der Waals surface area contributed by atoms with Crippen molar-refractivity contribution in [2.75, 3.05) is 55.7 Å². The van der Waals surface area contributed by atoms with Gasteiger partial charge >= 0.3 is 0 Å². The molecule has 1 aliphatic heterocycles. The minimum absolute atomic E-state index is 0.649. The molecule has 0 N–H and O–H groups in total. The molecule has 0 unspecified atom stereocenters. The molecule has 0 saturated carbocycles. The zero-order valence-electron chi connectivity index (χ0n) is 14.1. The lowest BCUT2D eigenvalue weighted by atomic mass is 10.1. The Balaban J connectivity index is 1.76. The van der Waals surface area contributed by atoms with E-state index in [1.807, 2.05) is 24.3 Å². The first-order chi connectivity index (χ1) is 11.3. The Labute approximate surface area is 147 Å². The van der Waals surface area contributed by atoms with Crippen LogP contribution in [-0.2, 0) is 10.0 Å². The largest absolute Gasteiger partial charge is 0.346 e. The maximum atomic E-state index is 11.6. The topological polar surface area (TPSA) is 56.8 Å². The van der Waals surface area contributed by atoms with Gasteiger partial charge in [0, 0.05) is 44.2 Å². The molecule has 6 nitrogen and oxygen atoms in total. The van der Waals surface area contributed by atoms with E-state index in [9.17, 15) is 8.42 Å². The van der Waals surface area contributed by atoms with Crippen LogP contribution in [0.25, 0.3) is 11.3 Å². The van der Waals surface area contributed by atoms with Gasteiger partial charge in [-0.1, -0.05) is 12.1 Å². The highest BCUT2D eigenvalue weighted by Gasteiger charge is 2.17. The number of aromatic nitrogens is 1. The van der Waals surface area contributed by atoms with E-state index in [1.54, 1.807) is 18.4 Å². The SMILES string of the molecule is CN1CCN(c2nc(-c3ccc(N(C)S(C)(=O)=O)cc3)cs2)CC1. The third-order valence-corrected chi connectivity index (χ3v) is 6.40. The van der Waals surface area contributed by atoms with E-state index in [0.717, 1.165) is 42.6 Å². The second-order valence-electron chi connectivity index (χ2n) is 6.08. The van der Waals surface area contributed by atoms with Crippen molar-refractivity contribution < 1.29 is 8.42 Å². The van der Waals surface area contributed by atoms with E-state index in [-0.39, 0.29) is 0 Å². The minimum atomic E-state index is -3.24. The molecule has 130 valence electrons. The Morgan fingerprint density at radius 3 is 2.33 bits per heavy atom. The van der Waals surface area contributed by atoms with Crippen LogP contribution in [-0.4, -0.2) is 64.8 Å². The summed E-state index contributed by atoms with van der Waals surface area (Å²) in [6, 6.07) is 7.45. The third-order valence-electron chi connectivity index (χ3n) is 4.29. The van der Waals surface area contributed by atoms with Gasteiger partial charge < -0.3 is 9.80 Å². The van der Waals surface area contributed by atoms with Crippen LogP contribution in [0.2, 0.25) is 0 Å². The number of sulfonamides is 1. The summed E-state index contributed by atoms with van der Waals surface area (Å²) in [6.07, 6.45) is 1.20. The van der Waals surface area contributed by atoms with E-state index in [0.29, 0.717) is 5.69 Å². The number of thiazole rings is 1. The fourth-order valence-corrected chi connectivity index (χ4v) is 3.97. The Morgan fingerprint density at radius 1 is 1.12 bits per heavy atom. The number of likely N-dealkylation sites (N-methyl/N-ethyl adjacent to an activating group) is 1. The molecule has 8 heteroatoms. The average Bonchev–Trinajstić information content (AvgIpc) is 3.04. The number of piperazine rings is 1. The van der Waals surface area contributed by atoms with Gasteiger partial charge in [0.15, 0.2) is 5.13 Å². The van der Waals surface area contributed by atoms with E-state index < -0.39 is 10.0 Å². The van der Waals surface area contributed by atoms with Crippen molar-refractivity contribution in [1.82, 2.24) is 9.88 Å². The summed E-state index contributed by atoms with van der Waals surface area (Å²) in [5, 5.41) is 3.11. The Kier molecular flexibility index (Phi) is 4.80. The Hall–Kier alpha value is -1.64. The molecule has 0 spiro atoms. The molecule has 0 bridgehead atoms. The number of anilines is 2. The lowest BCUT2D eigenvalue weighted by Crippen LogP contribution is -2.44. The second kappa shape index (κ2) is 6.70. The van der Waals surface area contributed by atoms with Crippen LogP contribution in [0.5, 0.6) is 0 Å². The van der Waals surface area contributed by atoms with Crippen molar-refractivity contribution in [2.45, 2.75) is 0 Å². The van der Waals surface area contributed by atoms with Gasteiger partial charge in [-0.05, 0) is 19.2 Å². The molecule has 0 aliphatic carbocycles. The molecule has 2 heterocycles. The number of hydrogen-bond acceptors (Lipinski definition) is 6. The van der Waals surface area contributed by atoms with Crippen molar-refractivity contribution in [3.8, 4) is 11.3 Å². The maximum Gasteiger partial charge on any atom is 0.231 e. The van der Waals surface area contributed by atoms with Crippen molar-refractivity contribution in [3.05, 3.63) is 29.6 Å². The van der Waals surface area contributed by atoms with Gasteiger partial charge in [-0.3, -0.25) is 4.31 Å². The minimum Gasteiger partial charge on any atom is -0.346 e. The van der Waals surface area contributed by atoms with Crippen molar-refractivity contribution in [2.24, 2.45) is 0 Å². The quantitative estimate of drug-likeness (QED) is 0.828. The summed E-state index contributed by atoms with van der Waals surface area (Å²) in [5.74, 6) is 0. The highest BCUT2D eigenvalue weighted by Crippen LogP contribution is 2.29. The number of benzene rings is 1. The van der Waals surface area contributed by atoms with Gasteiger partial charge in [0.25, 0.3) is 0 Å². The monoisotopic (exact) mass is 366 g/mol.